The van der Waals surface area contributed by atoms with E-state index in [9.17, 15) is 5.26 Å². The summed E-state index contributed by atoms with van der Waals surface area (Å²) in [6.45, 7) is 3.93. The summed E-state index contributed by atoms with van der Waals surface area (Å²) in [6.07, 6.45) is 3.44. The number of hydrogen-bond acceptors (Lipinski definition) is 5. The molecule has 4 rings (SSSR count). The van der Waals surface area contributed by atoms with Crippen molar-refractivity contribution in [3.8, 4) is 28.7 Å². The van der Waals surface area contributed by atoms with E-state index in [-0.39, 0.29) is 0 Å². The van der Waals surface area contributed by atoms with Crippen LogP contribution in [0.1, 0.15) is 16.8 Å². The number of nitrogens with zero attached hydrogens (tertiary/aromatic N) is 2. The number of benzene rings is 2. The Morgan fingerprint density at radius 2 is 1.87 bits per heavy atom. The number of nitriles is 1. The lowest BCUT2D eigenvalue weighted by atomic mass is 9.98. The van der Waals surface area contributed by atoms with Crippen LogP contribution in [0.3, 0.4) is 0 Å². The summed E-state index contributed by atoms with van der Waals surface area (Å²) in [5.74, 6) is 1.23. The number of ether oxygens (including phenoxy) is 2. The Kier molecular flexibility index (Phi) is 5.45. The molecule has 156 valence electrons. The lowest BCUT2D eigenvalue weighted by Gasteiger charge is -2.19. The molecular formula is C24H21ClN4O2. The van der Waals surface area contributed by atoms with Gasteiger partial charge in [0.15, 0.2) is 11.5 Å². The van der Waals surface area contributed by atoms with Crippen molar-refractivity contribution in [2.75, 3.05) is 19.5 Å². The molecule has 7 heteroatoms. The van der Waals surface area contributed by atoms with E-state index < -0.39 is 0 Å². The maximum atomic E-state index is 9.80. The van der Waals surface area contributed by atoms with Gasteiger partial charge in [-0.15, -0.1) is 0 Å². The first-order valence-electron chi connectivity index (χ1n) is 9.63. The number of aryl methyl sites for hydroxylation is 2. The number of hydrogen-bond donors (Lipinski definition) is 2. The molecule has 0 aliphatic carbocycles. The molecule has 0 radical (unpaired) electrons. The van der Waals surface area contributed by atoms with Crippen LogP contribution in [0.2, 0.25) is 5.02 Å². The van der Waals surface area contributed by atoms with E-state index in [1.807, 2.05) is 50.4 Å². The molecule has 0 aliphatic heterocycles. The van der Waals surface area contributed by atoms with Gasteiger partial charge < -0.3 is 19.8 Å². The zero-order chi connectivity index (χ0) is 22.1. The van der Waals surface area contributed by atoms with Crippen LogP contribution in [0, 0.1) is 25.2 Å². The van der Waals surface area contributed by atoms with Gasteiger partial charge in [-0.1, -0.05) is 17.7 Å². The van der Waals surface area contributed by atoms with Crippen molar-refractivity contribution < 1.29 is 9.47 Å². The van der Waals surface area contributed by atoms with Crippen molar-refractivity contribution in [1.82, 2.24) is 9.97 Å². The van der Waals surface area contributed by atoms with Crippen molar-refractivity contribution in [1.29, 1.82) is 5.26 Å². The first-order chi connectivity index (χ1) is 15.0. The van der Waals surface area contributed by atoms with E-state index in [4.69, 9.17) is 21.1 Å². The highest BCUT2D eigenvalue weighted by Crippen LogP contribution is 2.41. The van der Waals surface area contributed by atoms with Gasteiger partial charge in [0.25, 0.3) is 0 Å². The lowest BCUT2D eigenvalue weighted by Crippen LogP contribution is -2.03. The lowest BCUT2D eigenvalue weighted by molar-refractivity contribution is 0.355. The third-order valence-corrected chi connectivity index (χ3v) is 5.68. The number of aromatic amines is 1. The van der Waals surface area contributed by atoms with Gasteiger partial charge in [-0.25, -0.2) is 0 Å². The number of nitrogens with one attached hydrogen (secondary N) is 2. The van der Waals surface area contributed by atoms with E-state index in [1.165, 1.54) is 0 Å². The highest BCUT2D eigenvalue weighted by molar-refractivity contribution is 6.35. The minimum Gasteiger partial charge on any atom is -0.493 e. The molecule has 2 aromatic heterocycles. The first kappa shape index (κ1) is 20.6. The number of H-pyrrole nitrogens is 1. The molecule has 31 heavy (non-hydrogen) atoms. The average Bonchev–Trinajstić information content (AvgIpc) is 3.28. The van der Waals surface area contributed by atoms with Gasteiger partial charge in [-0.05, 0) is 49.2 Å². The molecule has 0 aliphatic rings. The Balaban J connectivity index is 1.93. The second-order valence-corrected chi connectivity index (χ2v) is 7.52. The summed E-state index contributed by atoms with van der Waals surface area (Å²) in [6, 6.07) is 11.7. The number of aromatic nitrogens is 2. The molecule has 4 aromatic rings. The molecule has 6 nitrogen and oxygen atoms in total. The van der Waals surface area contributed by atoms with Gasteiger partial charge in [0.2, 0.25) is 0 Å². The van der Waals surface area contributed by atoms with Crippen molar-refractivity contribution in [3.05, 3.63) is 64.6 Å². The number of anilines is 2. The SMILES string of the molecule is COc1ccc(-c2c(C)ncc(C#N)c2Nc2cc(Cl)c3[nH]ccc3c2C)cc1OC. The quantitative estimate of drug-likeness (QED) is 0.396. The molecule has 0 atom stereocenters. The van der Waals surface area contributed by atoms with E-state index >= 15 is 0 Å². The summed E-state index contributed by atoms with van der Waals surface area (Å²) in [7, 11) is 3.19. The standard InChI is InChI=1S/C24H21ClN4O2/c1-13-17-7-8-27-24(17)18(25)10-19(13)29-23-16(11-26)12-28-14(2)22(23)15-5-6-20(30-3)21(9-15)31-4/h5-10,12,27H,1-4H3,(H,28,29). The normalized spacial score (nSPS) is 10.7. The summed E-state index contributed by atoms with van der Waals surface area (Å²) >= 11 is 6.50. The topological polar surface area (TPSA) is 83.0 Å². The highest BCUT2D eigenvalue weighted by Gasteiger charge is 2.18. The largest absolute Gasteiger partial charge is 0.493 e. The first-order valence-corrected chi connectivity index (χ1v) is 10.0. The summed E-state index contributed by atoms with van der Waals surface area (Å²) in [5, 5.41) is 14.9. The summed E-state index contributed by atoms with van der Waals surface area (Å²) < 4.78 is 10.8. The second-order valence-electron chi connectivity index (χ2n) is 7.11. The zero-order valence-corrected chi connectivity index (χ0v) is 18.4. The Morgan fingerprint density at radius 3 is 2.58 bits per heavy atom. The second kappa shape index (κ2) is 8.21. The minimum atomic E-state index is 0.431. The predicted octanol–water partition coefficient (Wildman–Crippen LogP) is 6.13. The summed E-state index contributed by atoms with van der Waals surface area (Å²) in [4.78, 5) is 7.61. The third kappa shape index (κ3) is 3.54. The van der Waals surface area contributed by atoms with Crippen LogP contribution < -0.4 is 14.8 Å². The van der Waals surface area contributed by atoms with Crippen LogP contribution in [0.25, 0.3) is 22.0 Å². The summed E-state index contributed by atoms with van der Waals surface area (Å²) in [5.41, 5.74) is 6.27. The Morgan fingerprint density at radius 1 is 1.10 bits per heavy atom. The zero-order valence-electron chi connectivity index (χ0n) is 17.6. The molecule has 0 spiro atoms. The molecular weight excluding hydrogens is 412 g/mol. The molecule has 0 saturated heterocycles. The molecule has 2 aromatic carbocycles. The van der Waals surface area contributed by atoms with Crippen LogP contribution in [0.4, 0.5) is 11.4 Å². The number of pyridine rings is 1. The Bertz CT molecular complexity index is 1340. The maximum absolute atomic E-state index is 9.80. The van der Waals surface area contributed by atoms with E-state index in [2.05, 4.69) is 21.4 Å². The van der Waals surface area contributed by atoms with Crippen molar-refractivity contribution in [2.45, 2.75) is 13.8 Å². The van der Waals surface area contributed by atoms with Crippen molar-refractivity contribution in [3.63, 3.8) is 0 Å². The van der Waals surface area contributed by atoms with Crippen molar-refractivity contribution in [2.24, 2.45) is 0 Å². The molecule has 0 unspecified atom stereocenters. The van der Waals surface area contributed by atoms with Crippen molar-refractivity contribution >= 4 is 33.9 Å². The number of rotatable bonds is 5. The highest BCUT2D eigenvalue weighted by atomic mass is 35.5. The average molecular weight is 433 g/mol. The third-order valence-electron chi connectivity index (χ3n) is 5.39. The smallest absolute Gasteiger partial charge is 0.161 e. The van der Waals surface area contributed by atoms with Crippen LogP contribution in [0.15, 0.2) is 42.7 Å². The molecule has 2 N–H and O–H groups in total. The Labute approximate surface area is 185 Å². The van der Waals surface area contributed by atoms with Gasteiger partial charge in [-0.2, -0.15) is 5.26 Å². The van der Waals surface area contributed by atoms with Gasteiger partial charge in [0.05, 0.1) is 36.0 Å². The fraction of sp³-hybridized carbons (Fsp3) is 0.167. The Hall–Kier alpha value is -3.69. The number of fused-ring (bicyclic) bond motifs is 1. The fourth-order valence-corrected chi connectivity index (χ4v) is 4.03. The maximum Gasteiger partial charge on any atom is 0.161 e. The molecule has 0 amide bonds. The van der Waals surface area contributed by atoms with Crippen LogP contribution in [-0.4, -0.2) is 24.2 Å². The van der Waals surface area contributed by atoms with Crippen LogP contribution in [-0.2, 0) is 0 Å². The van der Waals surface area contributed by atoms with Crippen LogP contribution >= 0.6 is 11.6 Å². The van der Waals surface area contributed by atoms with Gasteiger partial charge in [-0.3, -0.25) is 4.98 Å². The molecule has 0 fully saturated rings. The molecule has 0 saturated carbocycles. The van der Waals surface area contributed by atoms with Crippen LogP contribution in [0.5, 0.6) is 11.5 Å². The van der Waals surface area contributed by atoms with E-state index in [1.54, 1.807) is 20.4 Å². The van der Waals surface area contributed by atoms with E-state index in [0.29, 0.717) is 27.8 Å². The predicted molar refractivity (Wildman–Crippen MR) is 124 cm³/mol. The monoisotopic (exact) mass is 432 g/mol. The van der Waals surface area contributed by atoms with Gasteiger partial charge in [0.1, 0.15) is 6.07 Å². The minimum absolute atomic E-state index is 0.431. The number of halogens is 1. The van der Waals surface area contributed by atoms with Gasteiger partial charge in [0, 0.05) is 34.7 Å². The van der Waals surface area contributed by atoms with Gasteiger partial charge >= 0.3 is 0 Å². The fourth-order valence-electron chi connectivity index (χ4n) is 3.76. The molecule has 2 heterocycles. The molecule has 0 bridgehead atoms. The van der Waals surface area contributed by atoms with E-state index in [0.717, 1.165) is 39.0 Å². The number of methoxy groups -OCH3 is 2.